The SMILES string of the molecule is CCC(C(=O)NC1CCCC1)N(Cc1ccccc1Cl)C(=O)CN(c1cccc(C)c1)S(=O)(=O)c1ccccc1. The highest BCUT2D eigenvalue weighted by atomic mass is 35.5. The number of hydrogen-bond donors (Lipinski definition) is 1. The van der Waals surface area contributed by atoms with Crippen LogP contribution in [0.2, 0.25) is 5.02 Å². The van der Waals surface area contributed by atoms with Gasteiger partial charge in [0.1, 0.15) is 12.6 Å². The quantitative estimate of drug-likeness (QED) is 0.314. The summed E-state index contributed by atoms with van der Waals surface area (Å²) in [7, 11) is -4.09. The zero-order chi connectivity index (χ0) is 28.7. The van der Waals surface area contributed by atoms with E-state index in [9.17, 15) is 18.0 Å². The monoisotopic (exact) mass is 581 g/mol. The third kappa shape index (κ3) is 7.04. The fourth-order valence-electron chi connectivity index (χ4n) is 5.13. The molecule has 2 amide bonds. The fraction of sp³-hybridized carbons (Fsp3) is 0.355. The van der Waals surface area contributed by atoms with Crippen molar-refractivity contribution in [2.75, 3.05) is 10.8 Å². The van der Waals surface area contributed by atoms with Crippen molar-refractivity contribution in [2.45, 2.75) is 69.5 Å². The lowest BCUT2D eigenvalue weighted by atomic mass is 10.1. The van der Waals surface area contributed by atoms with Crippen LogP contribution in [0.15, 0.2) is 83.8 Å². The molecule has 9 heteroatoms. The molecule has 1 unspecified atom stereocenters. The number of halogens is 1. The molecule has 0 aliphatic heterocycles. The standard InChI is InChI=1S/C31H36ClN3O4S/c1-3-29(31(37)33-25-14-8-9-15-25)34(21-24-13-7-10-19-28(24)32)30(36)22-35(26-16-11-12-23(2)20-26)40(38,39)27-17-5-4-6-18-27/h4-7,10-13,16-20,25,29H,3,8-9,14-15,21-22H2,1-2H3,(H,33,37). The third-order valence-electron chi connectivity index (χ3n) is 7.29. The van der Waals surface area contributed by atoms with E-state index in [0.717, 1.165) is 35.6 Å². The van der Waals surface area contributed by atoms with Gasteiger partial charge in [-0.2, -0.15) is 0 Å². The lowest BCUT2D eigenvalue weighted by Crippen LogP contribution is -2.53. The lowest BCUT2D eigenvalue weighted by molar-refractivity contribution is -0.140. The summed E-state index contributed by atoms with van der Waals surface area (Å²) in [5.74, 6) is -0.725. The van der Waals surface area contributed by atoms with E-state index in [-0.39, 0.29) is 23.4 Å². The summed E-state index contributed by atoms with van der Waals surface area (Å²) >= 11 is 6.46. The van der Waals surface area contributed by atoms with Crippen LogP contribution in [-0.2, 0) is 26.2 Å². The zero-order valence-electron chi connectivity index (χ0n) is 22.9. The molecule has 4 rings (SSSR count). The number of nitrogens with one attached hydrogen (secondary N) is 1. The summed E-state index contributed by atoms with van der Waals surface area (Å²) in [4.78, 5) is 29.2. The average molecular weight is 582 g/mol. The molecular weight excluding hydrogens is 546 g/mol. The molecule has 40 heavy (non-hydrogen) atoms. The van der Waals surface area contributed by atoms with Crippen molar-refractivity contribution in [3.63, 3.8) is 0 Å². The number of nitrogens with zero attached hydrogens (tertiary/aromatic N) is 2. The molecule has 0 bridgehead atoms. The minimum Gasteiger partial charge on any atom is -0.352 e. The molecule has 1 saturated carbocycles. The van der Waals surface area contributed by atoms with Crippen LogP contribution < -0.4 is 9.62 Å². The second-order valence-corrected chi connectivity index (χ2v) is 12.5. The summed E-state index contributed by atoms with van der Waals surface area (Å²) in [5.41, 5.74) is 1.91. The summed E-state index contributed by atoms with van der Waals surface area (Å²) in [6.07, 6.45) is 4.32. The van der Waals surface area contributed by atoms with Gasteiger partial charge in [0.25, 0.3) is 10.0 Å². The Kier molecular flexibility index (Phi) is 9.87. The molecule has 3 aromatic carbocycles. The Morgan fingerprint density at radius 1 is 0.975 bits per heavy atom. The van der Waals surface area contributed by atoms with Crippen molar-refractivity contribution in [1.82, 2.24) is 10.2 Å². The van der Waals surface area contributed by atoms with E-state index in [1.54, 1.807) is 48.5 Å². The topological polar surface area (TPSA) is 86.8 Å². The highest BCUT2D eigenvalue weighted by molar-refractivity contribution is 7.92. The third-order valence-corrected chi connectivity index (χ3v) is 9.44. The molecule has 3 aromatic rings. The van der Waals surface area contributed by atoms with E-state index in [4.69, 9.17) is 11.6 Å². The van der Waals surface area contributed by atoms with E-state index in [2.05, 4.69) is 5.32 Å². The molecule has 0 heterocycles. The number of benzene rings is 3. The molecule has 0 spiro atoms. The zero-order valence-corrected chi connectivity index (χ0v) is 24.5. The van der Waals surface area contributed by atoms with Crippen molar-refractivity contribution < 1.29 is 18.0 Å². The maximum absolute atomic E-state index is 14.1. The molecule has 1 aliphatic carbocycles. The molecule has 0 aromatic heterocycles. The van der Waals surface area contributed by atoms with Gasteiger partial charge in [-0.3, -0.25) is 13.9 Å². The first-order valence-electron chi connectivity index (χ1n) is 13.7. The Labute approximate surface area is 242 Å². The van der Waals surface area contributed by atoms with Crippen LogP contribution in [0.3, 0.4) is 0 Å². The van der Waals surface area contributed by atoms with Crippen LogP contribution >= 0.6 is 11.6 Å². The van der Waals surface area contributed by atoms with E-state index >= 15 is 0 Å². The smallest absolute Gasteiger partial charge is 0.264 e. The average Bonchev–Trinajstić information content (AvgIpc) is 3.46. The maximum Gasteiger partial charge on any atom is 0.264 e. The van der Waals surface area contributed by atoms with Gasteiger partial charge in [0.05, 0.1) is 10.6 Å². The number of amides is 2. The molecule has 1 aliphatic rings. The van der Waals surface area contributed by atoms with E-state index in [1.165, 1.54) is 17.0 Å². The molecule has 1 atom stereocenters. The van der Waals surface area contributed by atoms with E-state index in [1.807, 2.05) is 32.0 Å². The van der Waals surface area contributed by atoms with Crippen molar-refractivity contribution in [3.8, 4) is 0 Å². The maximum atomic E-state index is 14.1. The van der Waals surface area contributed by atoms with Crippen LogP contribution in [-0.4, -0.2) is 43.8 Å². The van der Waals surface area contributed by atoms with E-state index < -0.39 is 28.5 Å². The van der Waals surface area contributed by atoms with Crippen molar-refractivity contribution in [1.29, 1.82) is 0 Å². The predicted molar refractivity (Wildman–Crippen MR) is 159 cm³/mol. The largest absolute Gasteiger partial charge is 0.352 e. The fourth-order valence-corrected chi connectivity index (χ4v) is 6.75. The van der Waals surface area contributed by atoms with Gasteiger partial charge in [-0.1, -0.05) is 79.9 Å². The van der Waals surface area contributed by atoms with Gasteiger partial charge in [0, 0.05) is 17.6 Å². The highest BCUT2D eigenvalue weighted by Gasteiger charge is 2.34. The lowest BCUT2D eigenvalue weighted by Gasteiger charge is -2.34. The van der Waals surface area contributed by atoms with Gasteiger partial charge < -0.3 is 10.2 Å². The Balaban J connectivity index is 1.71. The summed E-state index contributed by atoms with van der Waals surface area (Å²) < 4.78 is 28.9. The van der Waals surface area contributed by atoms with Crippen molar-refractivity contribution in [2.24, 2.45) is 0 Å². The minimum absolute atomic E-state index is 0.0716. The van der Waals surface area contributed by atoms with Crippen LogP contribution in [0, 0.1) is 6.92 Å². The summed E-state index contributed by atoms with van der Waals surface area (Å²) in [6.45, 7) is 3.31. The summed E-state index contributed by atoms with van der Waals surface area (Å²) in [6, 6.07) is 21.5. The number of carbonyl (C=O) groups is 2. The first-order valence-corrected chi connectivity index (χ1v) is 15.5. The number of anilines is 1. The van der Waals surface area contributed by atoms with Gasteiger partial charge >= 0.3 is 0 Å². The Morgan fingerprint density at radius 2 is 1.65 bits per heavy atom. The van der Waals surface area contributed by atoms with Crippen LogP contribution in [0.4, 0.5) is 5.69 Å². The van der Waals surface area contributed by atoms with E-state index in [0.29, 0.717) is 22.7 Å². The molecule has 7 nitrogen and oxygen atoms in total. The second-order valence-electron chi connectivity index (χ2n) is 10.2. The number of carbonyl (C=O) groups excluding carboxylic acids is 2. The van der Waals surface area contributed by atoms with Gasteiger partial charge in [-0.25, -0.2) is 8.42 Å². The molecule has 1 fully saturated rings. The van der Waals surface area contributed by atoms with Crippen LogP contribution in [0.5, 0.6) is 0 Å². The van der Waals surface area contributed by atoms with Gasteiger partial charge in [0.15, 0.2) is 0 Å². The molecule has 212 valence electrons. The summed E-state index contributed by atoms with van der Waals surface area (Å²) in [5, 5.41) is 3.59. The Hall–Kier alpha value is -3.36. The van der Waals surface area contributed by atoms with Gasteiger partial charge in [0.2, 0.25) is 11.8 Å². The second kappa shape index (κ2) is 13.3. The Bertz CT molecular complexity index is 1430. The molecular formula is C31H36ClN3O4S. The molecule has 1 N–H and O–H groups in total. The normalized spacial score (nSPS) is 14.5. The van der Waals surface area contributed by atoms with Gasteiger partial charge in [-0.15, -0.1) is 0 Å². The number of sulfonamides is 1. The van der Waals surface area contributed by atoms with Crippen molar-refractivity contribution in [3.05, 3.63) is 95.0 Å². The van der Waals surface area contributed by atoms with Crippen LogP contribution in [0.25, 0.3) is 0 Å². The number of aryl methyl sites for hydroxylation is 1. The number of hydrogen-bond acceptors (Lipinski definition) is 4. The molecule has 0 saturated heterocycles. The predicted octanol–water partition coefficient (Wildman–Crippen LogP) is 5.71. The minimum atomic E-state index is -4.09. The number of rotatable bonds is 11. The first-order chi connectivity index (χ1) is 19.2. The Morgan fingerprint density at radius 3 is 2.30 bits per heavy atom. The van der Waals surface area contributed by atoms with Crippen molar-refractivity contribution >= 4 is 39.1 Å². The first kappa shape index (κ1) is 29.6. The van der Waals surface area contributed by atoms with Crippen LogP contribution in [0.1, 0.15) is 50.2 Å². The van der Waals surface area contributed by atoms with Gasteiger partial charge in [-0.05, 0) is 67.6 Å². The molecule has 0 radical (unpaired) electrons. The highest BCUT2D eigenvalue weighted by Crippen LogP contribution is 2.27.